The van der Waals surface area contributed by atoms with E-state index < -0.39 is 48.7 Å². The number of halogens is 3. The standard InChI is InChI=1S/C25H29Cl2FN6O4S/c1-23(2,3)38-22(36)33-21-24(4,5)39(37)16(9-10-30-39)25(6,34-21)19-15(28)7-8-17(31-19)32-20(35)18-14(27)11-13(26)12-29-18/h7-8,11-12,16H,9-10H2,1-6H3,(H,31,32,35)(H,33,34,36)/t16-,25-,39+/m0/s1. The first-order valence-corrected chi connectivity index (χ1v) is 14.4. The second-order valence-electron chi connectivity index (χ2n) is 10.9. The zero-order valence-corrected chi connectivity index (χ0v) is 24.6. The van der Waals surface area contributed by atoms with E-state index in [0.29, 0.717) is 6.42 Å². The molecule has 2 aliphatic heterocycles. The van der Waals surface area contributed by atoms with Gasteiger partial charge in [0.2, 0.25) is 0 Å². The summed E-state index contributed by atoms with van der Waals surface area (Å²) >= 11 is 12.0. The van der Waals surface area contributed by atoms with E-state index in [1.165, 1.54) is 18.3 Å². The molecule has 2 aliphatic rings. The van der Waals surface area contributed by atoms with Crippen molar-refractivity contribution in [2.45, 2.75) is 69.1 Å². The van der Waals surface area contributed by atoms with E-state index in [1.807, 2.05) is 0 Å². The number of hydrogen-bond acceptors (Lipinski definition) is 8. The lowest BCUT2D eigenvalue weighted by molar-refractivity contribution is 0.0560. The zero-order valence-electron chi connectivity index (χ0n) is 22.3. The quantitative estimate of drug-likeness (QED) is 0.489. The Bertz CT molecular complexity index is 1520. The smallest absolute Gasteiger partial charge is 0.413 e. The monoisotopic (exact) mass is 598 g/mol. The number of anilines is 1. The minimum absolute atomic E-state index is 0.00596. The van der Waals surface area contributed by atoms with E-state index in [0.717, 1.165) is 6.07 Å². The molecule has 0 aromatic carbocycles. The number of hydrogen-bond donors (Lipinski definition) is 2. The molecule has 39 heavy (non-hydrogen) atoms. The van der Waals surface area contributed by atoms with Crippen LogP contribution in [0.2, 0.25) is 10.0 Å². The number of ether oxygens (including phenoxy) is 1. The average Bonchev–Trinajstić information content (AvgIpc) is 3.22. The number of nitrogens with zero attached hydrogens (tertiary/aromatic N) is 4. The second kappa shape index (κ2) is 9.97. The van der Waals surface area contributed by atoms with Crippen LogP contribution in [0.3, 0.4) is 0 Å². The minimum Gasteiger partial charge on any atom is -0.444 e. The molecule has 0 fully saturated rings. The Morgan fingerprint density at radius 1 is 1.18 bits per heavy atom. The lowest BCUT2D eigenvalue weighted by Crippen LogP contribution is -2.61. The molecule has 4 rings (SSSR count). The van der Waals surface area contributed by atoms with Crippen molar-refractivity contribution < 1.29 is 22.9 Å². The van der Waals surface area contributed by atoms with Gasteiger partial charge in [-0.25, -0.2) is 27.7 Å². The van der Waals surface area contributed by atoms with Gasteiger partial charge in [-0.1, -0.05) is 23.2 Å². The molecule has 0 saturated carbocycles. The topological polar surface area (TPSA) is 135 Å². The van der Waals surface area contributed by atoms with Crippen molar-refractivity contribution in [3.63, 3.8) is 0 Å². The lowest BCUT2D eigenvalue weighted by atomic mass is 9.89. The Morgan fingerprint density at radius 3 is 2.51 bits per heavy atom. The van der Waals surface area contributed by atoms with E-state index in [-0.39, 0.29) is 39.6 Å². The van der Waals surface area contributed by atoms with Crippen LogP contribution in [0.25, 0.3) is 0 Å². The molecule has 0 radical (unpaired) electrons. The molecule has 0 saturated heterocycles. The van der Waals surface area contributed by atoms with Crippen molar-refractivity contribution in [2.24, 2.45) is 9.36 Å². The SMILES string of the molecule is CC(C)(C)OC(=O)NC1=N[C@](C)(c2nc(NC(=O)c3ncc(Cl)cc3Cl)ccc2F)[C@@H]2CCN=[S@]2(=O)C1(C)C. The molecule has 14 heteroatoms. The first kappa shape index (κ1) is 29.2. The molecule has 0 unspecified atom stereocenters. The number of pyridine rings is 2. The molecule has 4 heterocycles. The summed E-state index contributed by atoms with van der Waals surface area (Å²) in [6.07, 6.45) is 0.840. The van der Waals surface area contributed by atoms with Crippen LogP contribution in [0.5, 0.6) is 0 Å². The summed E-state index contributed by atoms with van der Waals surface area (Å²) < 4.78 is 38.5. The van der Waals surface area contributed by atoms with Crippen LogP contribution in [0.1, 0.15) is 64.1 Å². The highest BCUT2D eigenvalue weighted by atomic mass is 35.5. The van der Waals surface area contributed by atoms with E-state index in [2.05, 4.69) is 25.0 Å². The number of rotatable bonds is 3. The molecule has 0 aliphatic carbocycles. The van der Waals surface area contributed by atoms with E-state index in [4.69, 9.17) is 32.9 Å². The summed E-state index contributed by atoms with van der Waals surface area (Å²) in [5.74, 6) is -1.38. The Labute approximate surface area is 236 Å². The number of aromatic nitrogens is 2. The summed E-state index contributed by atoms with van der Waals surface area (Å²) in [4.78, 5) is 38.6. The van der Waals surface area contributed by atoms with Crippen LogP contribution in [-0.2, 0) is 20.0 Å². The predicted molar refractivity (Wildman–Crippen MR) is 148 cm³/mol. The van der Waals surface area contributed by atoms with Crippen molar-refractivity contribution in [1.82, 2.24) is 15.3 Å². The van der Waals surface area contributed by atoms with Gasteiger partial charge in [0.25, 0.3) is 5.91 Å². The molecule has 2 N–H and O–H groups in total. The van der Waals surface area contributed by atoms with E-state index in [9.17, 15) is 13.8 Å². The van der Waals surface area contributed by atoms with Gasteiger partial charge in [0.15, 0.2) is 0 Å². The Balaban J connectivity index is 1.78. The fourth-order valence-electron chi connectivity index (χ4n) is 4.65. The third-order valence-electron chi connectivity index (χ3n) is 6.54. The number of alkyl carbamates (subject to hydrolysis) is 1. The minimum atomic E-state index is -3.08. The normalized spacial score (nSPS) is 25.7. The predicted octanol–water partition coefficient (Wildman–Crippen LogP) is 5.35. The van der Waals surface area contributed by atoms with Crippen LogP contribution in [-0.4, -0.2) is 54.2 Å². The lowest BCUT2D eigenvalue weighted by Gasteiger charge is -2.44. The number of amidine groups is 1. The van der Waals surface area contributed by atoms with Crippen LogP contribution in [0.15, 0.2) is 33.8 Å². The molecule has 210 valence electrons. The Hall–Kier alpha value is -2.83. The van der Waals surface area contributed by atoms with E-state index in [1.54, 1.807) is 41.5 Å². The third-order valence-corrected chi connectivity index (χ3v) is 10.7. The van der Waals surface area contributed by atoms with Crippen LogP contribution < -0.4 is 10.6 Å². The summed E-state index contributed by atoms with van der Waals surface area (Å²) in [5, 5.41) is 4.74. The number of aliphatic imine (C=N–C) groups is 1. The van der Waals surface area contributed by atoms with Gasteiger partial charge in [0.1, 0.15) is 44.7 Å². The van der Waals surface area contributed by atoms with Gasteiger partial charge in [-0.15, -0.1) is 0 Å². The van der Waals surface area contributed by atoms with Gasteiger partial charge in [0.05, 0.1) is 25.0 Å². The third kappa shape index (κ3) is 5.33. The van der Waals surface area contributed by atoms with Crippen LogP contribution >= 0.6 is 23.2 Å². The number of amides is 2. The van der Waals surface area contributed by atoms with Crippen molar-refractivity contribution >= 4 is 56.6 Å². The van der Waals surface area contributed by atoms with Crippen molar-refractivity contribution in [3.05, 3.63) is 51.6 Å². The Morgan fingerprint density at radius 2 is 1.87 bits per heavy atom. The summed E-state index contributed by atoms with van der Waals surface area (Å²) in [7, 11) is -3.08. The number of nitrogens with one attached hydrogen (secondary N) is 2. The Kier molecular flexibility index (Phi) is 7.46. The maximum absolute atomic E-state index is 15.4. The van der Waals surface area contributed by atoms with Gasteiger partial charge in [-0.2, -0.15) is 0 Å². The number of carbonyl (C=O) groups excluding carboxylic acids is 2. The van der Waals surface area contributed by atoms with Gasteiger partial charge in [-0.3, -0.25) is 15.1 Å². The van der Waals surface area contributed by atoms with Crippen molar-refractivity contribution in [1.29, 1.82) is 0 Å². The fourth-order valence-corrected chi connectivity index (χ4v) is 8.29. The van der Waals surface area contributed by atoms with Crippen molar-refractivity contribution in [2.75, 3.05) is 11.9 Å². The van der Waals surface area contributed by atoms with Crippen LogP contribution in [0, 0.1) is 5.82 Å². The molecule has 0 spiro atoms. The molecule has 0 bridgehead atoms. The highest BCUT2D eigenvalue weighted by Crippen LogP contribution is 2.47. The fraction of sp³-hybridized carbons (Fsp3) is 0.480. The zero-order chi connectivity index (χ0) is 29.0. The molecule has 3 atom stereocenters. The maximum atomic E-state index is 15.4. The van der Waals surface area contributed by atoms with Crippen LogP contribution in [0.4, 0.5) is 15.0 Å². The highest BCUT2D eigenvalue weighted by molar-refractivity contribution is 7.96. The second-order valence-corrected chi connectivity index (χ2v) is 14.7. The highest BCUT2D eigenvalue weighted by Gasteiger charge is 2.58. The summed E-state index contributed by atoms with van der Waals surface area (Å²) in [6.45, 7) is 10.3. The maximum Gasteiger partial charge on any atom is 0.413 e. The van der Waals surface area contributed by atoms with E-state index >= 15 is 4.39 Å². The number of fused-ring (bicyclic) bond motifs is 1. The summed E-state index contributed by atoms with van der Waals surface area (Å²) in [5.41, 5.74) is -2.56. The molecule has 10 nitrogen and oxygen atoms in total. The first-order valence-electron chi connectivity index (χ1n) is 12.1. The van der Waals surface area contributed by atoms with Gasteiger partial charge < -0.3 is 10.1 Å². The molecular formula is C25H29Cl2FN6O4S. The average molecular weight is 600 g/mol. The number of carbonyl (C=O) groups is 2. The summed E-state index contributed by atoms with van der Waals surface area (Å²) in [6, 6.07) is 3.77. The molecular weight excluding hydrogens is 570 g/mol. The van der Waals surface area contributed by atoms with Gasteiger partial charge in [-0.05, 0) is 66.2 Å². The van der Waals surface area contributed by atoms with Gasteiger partial charge in [0, 0.05) is 12.7 Å². The molecule has 2 aromatic heterocycles. The first-order chi connectivity index (χ1) is 18.0. The largest absolute Gasteiger partial charge is 0.444 e. The van der Waals surface area contributed by atoms with Gasteiger partial charge >= 0.3 is 6.09 Å². The molecule has 2 aromatic rings. The molecule has 2 amide bonds. The van der Waals surface area contributed by atoms with Crippen molar-refractivity contribution in [3.8, 4) is 0 Å².